The van der Waals surface area contributed by atoms with E-state index in [2.05, 4.69) is 15.5 Å². The molecular weight excluding hydrogens is 326 g/mol. The van der Waals surface area contributed by atoms with Crippen molar-refractivity contribution in [3.8, 4) is 0 Å². The average molecular weight is 340 g/mol. The molecule has 1 N–H and O–H groups in total. The summed E-state index contributed by atoms with van der Waals surface area (Å²) >= 11 is 5.61. The zero-order valence-corrected chi connectivity index (χ0v) is 13.4. The highest BCUT2D eigenvalue weighted by Crippen LogP contribution is 2.13. The summed E-state index contributed by atoms with van der Waals surface area (Å²) < 4.78 is 23.4. The largest absolute Gasteiger partial charge is 0.309 e. The second kappa shape index (κ2) is 6.85. The van der Waals surface area contributed by atoms with Crippen molar-refractivity contribution in [2.24, 2.45) is 0 Å². The molecule has 0 atom stereocenters. The smallest absolute Gasteiger partial charge is 0.229 e. The van der Waals surface area contributed by atoms with Crippen molar-refractivity contribution in [2.75, 3.05) is 11.1 Å². The molecule has 1 heterocycles. The number of anilines is 1. The number of benzene rings is 1. The van der Waals surface area contributed by atoms with E-state index in [1.807, 2.05) is 0 Å². The number of carbonyl (C=O) groups is 1. The molecule has 0 fully saturated rings. The number of hydrogen-bond acceptors (Lipinski definition) is 5. The summed E-state index contributed by atoms with van der Waals surface area (Å²) in [4.78, 5) is 12.1. The fourth-order valence-electron chi connectivity index (χ4n) is 1.74. The number of aromatic nitrogens is 2. The first-order valence-corrected chi connectivity index (χ1v) is 8.54. The summed E-state index contributed by atoms with van der Waals surface area (Å²) in [7, 11) is -3.23. The molecule has 0 aliphatic heterocycles. The van der Waals surface area contributed by atoms with Crippen molar-refractivity contribution in [1.29, 1.82) is 0 Å². The van der Waals surface area contributed by atoms with Crippen molar-refractivity contribution in [3.05, 3.63) is 47.1 Å². The highest BCUT2D eigenvalue weighted by atomic mass is 35.5. The predicted molar refractivity (Wildman–Crippen MR) is 83.5 cm³/mol. The second-order valence-electron chi connectivity index (χ2n) is 4.51. The van der Waals surface area contributed by atoms with Gasteiger partial charge in [-0.2, -0.15) is 0 Å². The Hall–Kier alpha value is -1.99. The monoisotopic (exact) mass is 339 g/mol. The van der Waals surface area contributed by atoms with Gasteiger partial charge in [0.05, 0.1) is 17.1 Å². The molecule has 0 aliphatic carbocycles. The van der Waals surface area contributed by atoms with Gasteiger partial charge in [-0.05, 0) is 29.8 Å². The van der Waals surface area contributed by atoms with Crippen LogP contribution in [-0.4, -0.2) is 30.3 Å². The van der Waals surface area contributed by atoms with Crippen LogP contribution in [0.25, 0.3) is 0 Å². The van der Waals surface area contributed by atoms with Gasteiger partial charge in [0.15, 0.2) is 20.8 Å². The van der Waals surface area contributed by atoms with E-state index in [0.717, 1.165) is 0 Å². The zero-order chi connectivity index (χ0) is 16.2. The summed E-state index contributed by atoms with van der Waals surface area (Å²) in [5.41, 5.74) is 0.703. The van der Waals surface area contributed by atoms with E-state index in [1.54, 1.807) is 25.1 Å². The van der Waals surface area contributed by atoms with Crippen LogP contribution in [0, 0.1) is 0 Å². The standard InChI is InChI=1S/C14H14ClN3O3S/c1-2-22(20,21)11-5-3-10(4-6-11)9-14(19)16-13-8-7-12(15)17-18-13/h3-8H,2,9H2,1H3,(H,16,18,19). The van der Waals surface area contributed by atoms with E-state index in [0.29, 0.717) is 11.4 Å². The number of rotatable bonds is 5. The molecule has 0 saturated carbocycles. The van der Waals surface area contributed by atoms with E-state index >= 15 is 0 Å². The maximum atomic E-state index is 11.9. The van der Waals surface area contributed by atoms with Crippen LogP contribution < -0.4 is 5.32 Å². The van der Waals surface area contributed by atoms with Gasteiger partial charge < -0.3 is 5.32 Å². The molecule has 0 aliphatic rings. The van der Waals surface area contributed by atoms with Crippen molar-refractivity contribution in [2.45, 2.75) is 18.2 Å². The first-order chi connectivity index (χ1) is 10.4. The summed E-state index contributed by atoms with van der Waals surface area (Å²) in [6.45, 7) is 1.59. The molecule has 22 heavy (non-hydrogen) atoms. The van der Waals surface area contributed by atoms with Crippen LogP contribution >= 0.6 is 11.6 Å². The topological polar surface area (TPSA) is 89.0 Å². The van der Waals surface area contributed by atoms with Gasteiger partial charge in [0.1, 0.15) is 0 Å². The molecule has 6 nitrogen and oxygen atoms in total. The Morgan fingerprint density at radius 3 is 2.36 bits per heavy atom. The van der Waals surface area contributed by atoms with E-state index in [4.69, 9.17) is 11.6 Å². The minimum Gasteiger partial charge on any atom is -0.309 e. The number of nitrogens with zero attached hydrogens (tertiary/aromatic N) is 2. The molecule has 116 valence electrons. The molecule has 0 radical (unpaired) electrons. The Kier molecular flexibility index (Phi) is 5.10. The molecule has 1 aromatic heterocycles. The van der Waals surface area contributed by atoms with Crippen LogP contribution in [0.1, 0.15) is 12.5 Å². The zero-order valence-electron chi connectivity index (χ0n) is 11.8. The highest BCUT2D eigenvalue weighted by molar-refractivity contribution is 7.91. The third-order valence-electron chi connectivity index (χ3n) is 2.93. The van der Waals surface area contributed by atoms with E-state index in [1.165, 1.54) is 18.2 Å². The van der Waals surface area contributed by atoms with E-state index in [-0.39, 0.29) is 28.1 Å². The van der Waals surface area contributed by atoms with Gasteiger partial charge >= 0.3 is 0 Å². The SMILES string of the molecule is CCS(=O)(=O)c1ccc(CC(=O)Nc2ccc(Cl)nn2)cc1. The second-order valence-corrected chi connectivity index (χ2v) is 7.18. The van der Waals surface area contributed by atoms with Gasteiger partial charge in [-0.25, -0.2) is 8.42 Å². The number of nitrogens with one attached hydrogen (secondary N) is 1. The van der Waals surface area contributed by atoms with Crippen LogP contribution in [0.4, 0.5) is 5.82 Å². The Morgan fingerprint density at radius 2 is 1.82 bits per heavy atom. The maximum absolute atomic E-state index is 11.9. The molecule has 8 heteroatoms. The Labute approximate surface area is 133 Å². The van der Waals surface area contributed by atoms with Crippen molar-refractivity contribution in [3.63, 3.8) is 0 Å². The Bertz CT molecular complexity index is 759. The number of halogens is 1. The normalized spacial score (nSPS) is 11.2. The lowest BCUT2D eigenvalue weighted by molar-refractivity contribution is -0.115. The Morgan fingerprint density at radius 1 is 1.14 bits per heavy atom. The molecule has 0 unspecified atom stereocenters. The third kappa shape index (κ3) is 4.25. The summed E-state index contributed by atoms with van der Waals surface area (Å²) in [5.74, 6) is 0.0736. The first kappa shape index (κ1) is 16.4. The van der Waals surface area contributed by atoms with Gasteiger partial charge in [0.25, 0.3) is 0 Å². The van der Waals surface area contributed by atoms with Gasteiger partial charge in [0.2, 0.25) is 5.91 Å². The molecule has 2 rings (SSSR count). The predicted octanol–water partition coefficient (Wildman–Crippen LogP) is 2.10. The molecule has 2 aromatic rings. The summed E-state index contributed by atoms with van der Waals surface area (Å²) in [6.07, 6.45) is 0.108. The number of amides is 1. The van der Waals surface area contributed by atoms with Gasteiger partial charge in [0, 0.05) is 0 Å². The molecule has 1 aromatic carbocycles. The molecule has 0 bridgehead atoms. The maximum Gasteiger partial charge on any atom is 0.229 e. The van der Waals surface area contributed by atoms with Crippen LogP contribution in [0.2, 0.25) is 5.15 Å². The minimum atomic E-state index is -3.23. The van der Waals surface area contributed by atoms with Crippen LogP contribution in [0.3, 0.4) is 0 Å². The Balaban J connectivity index is 2.01. The minimum absolute atomic E-state index is 0.0437. The lowest BCUT2D eigenvalue weighted by atomic mass is 10.1. The van der Waals surface area contributed by atoms with Crippen molar-refractivity contribution >= 4 is 33.2 Å². The van der Waals surface area contributed by atoms with E-state index in [9.17, 15) is 13.2 Å². The van der Waals surface area contributed by atoms with Crippen LogP contribution in [-0.2, 0) is 21.1 Å². The number of carbonyl (C=O) groups excluding carboxylic acids is 1. The van der Waals surface area contributed by atoms with E-state index < -0.39 is 9.84 Å². The number of sulfone groups is 1. The van der Waals surface area contributed by atoms with Crippen LogP contribution in [0.5, 0.6) is 0 Å². The quantitative estimate of drug-likeness (QED) is 0.901. The summed E-state index contributed by atoms with van der Waals surface area (Å²) in [5, 5.41) is 10.2. The van der Waals surface area contributed by atoms with Gasteiger partial charge in [-0.1, -0.05) is 30.7 Å². The first-order valence-electron chi connectivity index (χ1n) is 6.51. The molecule has 0 spiro atoms. The molecule has 0 saturated heterocycles. The number of hydrogen-bond donors (Lipinski definition) is 1. The lowest BCUT2D eigenvalue weighted by Gasteiger charge is -2.05. The van der Waals surface area contributed by atoms with Gasteiger partial charge in [-0.3, -0.25) is 4.79 Å². The fourth-order valence-corrected chi connectivity index (χ4v) is 2.72. The van der Waals surface area contributed by atoms with Crippen molar-refractivity contribution in [1.82, 2.24) is 10.2 Å². The summed E-state index contributed by atoms with van der Waals surface area (Å²) in [6, 6.07) is 9.32. The van der Waals surface area contributed by atoms with Gasteiger partial charge in [-0.15, -0.1) is 10.2 Å². The van der Waals surface area contributed by atoms with Crippen LogP contribution in [0.15, 0.2) is 41.3 Å². The lowest BCUT2D eigenvalue weighted by Crippen LogP contribution is -2.15. The fraction of sp³-hybridized carbons (Fsp3) is 0.214. The molecular formula is C14H14ClN3O3S. The average Bonchev–Trinajstić information content (AvgIpc) is 2.50. The highest BCUT2D eigenvalue weighted by Gasteiger charge is 2.12. The van der Waals surface area contributed by atoms with Crippen molar-refractivity contribution < 1.29 is 13.2 Å². The molecule has 1 amide bonds. The third-order valence-corrected chi connectivity index (χ3v) is 4.88.